The zero-order chi connectivity index (χ0) is 18.8. The van der Waals surface area contributed by atoms with E-state index in [2.05, 4.69) is 32.8 Å². The molecule has 2 aromatic carbocycles. The number of fused-ring (bicyclic) bond motifs is 1. The van der Waals surface area contributed by atoms with E-state index in [0.717, 1.165) is 17.5 Å². The van der Waals surface area contributed by atoms with Crippen molar-refractivity contribution in [3.8, 4) is 0 Å². The van der Waals surface area contributed by atoms with Gasteiger partial charge >= 0.3 is 0 Å². The maximum absolute atomic E-state index is 13.4. The van der Waals surface area contributed by atoms with Crippen LogP contribution in [0.1, 0.15) is 43.0 Å². The lowest BCUT2D eigenvalue weighted by Crippen LogP contribution is -2.28. The van der Waals surface area contributed by atoms with E-state index >= 15 is 0 Å². The minimum absolute atomic E-state index is 0.0349. The summed E-state index contributed by atoms with van der Waals surface area (Å²) in [5.41, 5.74) is 2.08. The van der Waals surface area contributed by atoms with Gasteiger partial charge in [0.2, 0.25) is 11.9 Å². The number of benzene rings is 2. The van der Waals surface area contributed by atoms with Crippen LogP contribution >= 0.6 is 0 Å². The van der Waals surface area contributed by atoms with Crippen LogP contribution in [-0.2, 0) is 4.79 Å². The molecule has 2 heterocycles. The molecule has 27 heavy (non-hydrogen) atoms. The number of hydrogen-bond acceptors (Lipinski definition) is 4. The lowest BCUT2D eigenvalue weighted by molar-refractivity contribution is -0.115. The van der Waals surface area contributed by atoms with Crippen LogP contribution in [0.2, 0.25) is 0 Å². The van der Waals surface area contributed by atoms with Gasteiger partial charge < -0.3 is 5.32 Å². The average Bonchev–Trinajstić information content (AvgIpc) is 3.10. The standard InChI is InChI=1S/C20H20FN5O/c1-2-18(27)23-19-24-20-22-16(13-6-4-3-5-7-13)12-17(26(20)25-19)14-8-10-15(21)11-9-14/h3-11,16-17H,2,12H2,1H3,(H2,22,23,24,25,27). The molecule has 1 aromatic heterocycles. The monoisotopic (exact) mass is 365 g/mol. The number of amides is 1. The van der Waals surface area contributed by atoms with Crippen molar-refractivity contribution in [2.45, 2.75) is 31.8 Å². The van der Waals surface area contributed by atoms with E-state index in [1.165, 1.54) is 12.1 Å². The van der Waals surface area contributed by atoms with Crippen molar-refractivity contribution < 1.29 is 9.18 Å². The summed E-state index contributed by atoms with van der Waals surface area (Å²) in [6, 6.07) is 16.4. The molecule has 0 saturated heterocycles. The van der Waals surface area contributed by atoms with Crippen molar-refractivity contribution in [1.29, 1.82) is 0 Å². The van der Waals surface area contributed by atoms with Crippen LogP contribution in [0.15, 0.2) is 54.6 Å². The molecule has 2 N–H and O–H groups in total. The van der Waals surface area contributed by atoms with Gasteiger partial charge in [0, 0.05) is 6.42 Å². The molecule has 1 aliphatic rings. The van der Waals surface area contributed by atoms with Crippen LogP contribution in [0, 0.1) is 5.82 Å². The number of hydrogen-bond donors (Lipinski definition) is 2. The average molecular weight is 365 g/mol. The largest absolute Gasteiger partial charge is 0.347 e. The Morgan fingerprint density at radius 1 is 1.19 bits per heavy atom. The zero-order valence-electron chi connectivity index (χ0n) is 14.9. The van der Waals surface area contributed by atoms with Gasteiger partial charge in [0.05, 0.1) is 12.1 Å². The lowest BCUT2D eigenvalue weighted by Gasteiger charge is -2.31. The first-order valence-electron chi connectivity index (χ1n) is 8.97. The molecular weight excluding hydrogens is 345 g/mol. The van der Waals surface area contributed by atoms with Gasteiger partial charge in [0.25, 0.3) is 5.95 Å². The second-order valence-corrected chi connectivity index (χ2v) is 6.52. The molecule has 7 heteroatoms. The summed E-state index contributed by atoms with van der Waals surface area (Å²) in [5.74, 6) is 0.430. The first kappa shape index (κ1) is 17.2. The summed E-state index contributed by atoms with van der Waals surface area (Å²) in [6.07, 6.45) is 1.08. The Kier molecular flexibility index (Phi) is 4.58. The summed E-state index contributed by atoms with van der Waals surface area (Å²) in [4.78, 5) is 16.1. The molecule has 138 valence electrons. The molecule has 0 spiro atoms. The van der Waals surface area contributed by atoms with Gasteiger partial charge in [-0.3, -0.25) is 10.1 Å². The van der Waals surface area contributed by atoms with Crippen molar-refractivity contribution >= 4 is 17.8 Å². The van der Waals surface area contributed by atoms with Gasteiger partial charge in [0.1, 0.15) is 5.82 Å². The fourth-order valence-electron chi connectivity index (χ4n) is 3.31. The van der Waals surface area contributed by atoms with E-state index in [1.54, 1.807) is 23.7 Å². The predicted molar refractivity (Wildman–Crippen MR) is 101 cm³/mol. The quantitative estimate of drug-likeness (QED) is 0.735. The first-order valence-corrected chi connectivity index (χ1v) is 8.97. The predicted octanol–water partition coefficient (Wildman–Crippen LogP) is 3.91. The van der Waals surface area contributed by atoms with Crippen molar-refractivity contribution in [2.75, 3.05) is 10.6 Å². The van der Waals surface area contributed by atoms with Gasteiger partial charge in [0.15, 0.2) is 0 Å². The van der Waals surface area contributed by atoms with E-state index in [9.17, 15) is 9.18 Å². The number of anilines is 2. The van der Waals surface area contributed by atoms with E-state index in [4.69, 9.17) is 0 Å². The molecule has 0 radical (unpaired) electrons. The Balaban J connectivity index is 1.72. The van der Waals surface area contributed by atoms with Crippen LogP contribution in [0.25, 0.3) is 0 Å². The second-order valence-electron chi connectivity index (χ2n) is 6.52. The van der Waals surface area contributed by atoms with Crippen LogP contribution in [0.5, 0.6) is 0 Å². The third-order valence-electron chi connectivity index (χ3n) is 4.72. The Morgan fingerprint density at radius 3 is 2.63 bits per heavy atom. The minimum Gasteiger partial charge on any atom is -0.347 e. The molecule has 4 rings (SSSR count). The smallest absolute Gasteiger partial charge is 0.250 e. The minimum atomic E-state index is -0.276. The first-order chi connectivity index (χ1) is 13.1. The topological polar surface area (TPSA) is 71.8 Å². The number of carbonyl (C=O) groups is 1. The molecule has 0 fully saturated rings. The van der Waals surface area contributed by atoms with Gasteiger partial charge in [-0.1, -0.05) is 49.4 Å². The van der Waals surface area contributed by atoms with Gasteiger partial charge in [-0.15, -0.1) is 5.10 Å². The van der Waals surface area contributed by atoms with Gasteiger partial charge in [-0.2, -0.15) is 4.98 Å². The SMILES string of the molecule is CCC(=O)Nc1nc2n(n1)C(c1ccc(F)cc1)CC(c1ccccc1)N2. The Labute approximate surface area is 156 Å². The number of carbonyl (C=O) groups excluding carboxylic acids is 1. The van der Waals surface area contributed by atoms with E-state index in [1.807, 2.05) is 18.2 Å². The van der Waals surface area contributed by atoms with Crippen molar-refractivity contribution in [3.05, 3.63) is 71.5 Å². The normalized spacial score (nSPS) is 18.4. The van der Waals surface area contributed by atoms with E-state index < -0.39 is 0 Å². The molecular formula is C20H20FN5O. The number of nitrogens with zero attached hydrogens (tertiary/aromatic N) is 3. The van der Waals surface area contributed by atoms with Gasteiger partial charge in [-0.25, -0.2) is 9.07 Å². The maximum atomic E-state index is 13.4. The molecule has 0 bridgehead atoms. The number of nitrogens with one attached hydrogen (secondary N) is 2. The zero-order valence-corrected chi connectivity index (χ0v) is 14.9. The number of rotatable bonds is 4. The summed E-state index contributed by atoms with van der Waals surface area (Å²) in [5, 5.41) is 10.6. The molecule has 1 amide bonds. The Hall–Kier alpha value is -3.22. The fourth-order valence-corrected chi connectivity index (χ4v) is 3.31. The Morgan fingerprint density at radius 2 is 1.93 bits per heavy atom. The van der Waals surface area contributed by atoms with Crippen LogP contribution in [-0.4, -0.2) is 20.7 Å². The molecule has 6 nitrogen and oxygen atoms in total. The maximum Gasteiger partial charge on any atom is 0.250 e. The Bertz CT molecular complexity index is 939. The van der Waals surface area contributed by atoms with Crippen LogP contribution < -0.4 is 10.6 Å². The summed E-state index contributed by atoms with van der Waals surface area (Å²) >= 11 is 0. The van der Waals surface area contributed by atoms with Crippen molar-refractivity contribution in [2.24, 2.45) is 0 Å². The van der Waals surface area contributed by atoms with Gasteiger partial charge in [-0.05, 0) is 29.7 Å². The number of halogens is 1. The third kappa shape index (κ3) is 3.53. The molecule has 2 atom stereocenters. The lowest BCUT2D eigenvalue weighted by atomic mass is 9.93. The molecule has 3 aromatic rings. The highest BCUT2D eigenvalue weighted by Gasteiger charge is 2.31. The van der Waals surface area contributed by atoms with E-state index in [0.29, 0.717) is 12.4 Å². The van der Waals surface area contributed by atoms with Crippen LogP contribution in [0.4, 0.5) is 16.3 Å². The van der Waals surface area contributed by atoms with E-state index in [-0.39, 0.29) is 29.8 Å². The van der Waals surface area contributed by atoms with Crippen molar-refractivity contribution in [3.63, 3.8) is 0 Å². The second kappa shape index (κ2) is 7.19. The molecule has 2 unspecified atom stereocenters. The molecule has 0 saturated carbocycles. The summed E-state index contributed by atoms with van der Waals surface area (Å²) < 4.78 is 15.1. The molecule has 0 aliphatic carbocycles. The highest BCUT2D eigenvalue weighted by molar-refractivity contribution is 5.88. The third-order valence-corrected chi connectivity index (χ3v) is 4.72. The summed E-state index contributed by atoms with van der Waals surface area (Å²) in [7, 11) is 0. The molecule has 1 aliphatic heterocycles. The fraction of sp³-hybridized carbons (Fsp3) is 0.250. The summed E-state index contributed by atoms with van der Waals surface area (Å²) in [6.45, 7) is 1.77. The van der Waals surface area contributed by atoms with Crippen LogP contribution in [0.3, 0.4) is 0 Å². The highest BCUT2D eigenvalue weighted by Crippen LogP contribution is 2.38. The number of aromatic nitrogens is 3. The highest BCUT2D eigenvalue weighted by atomic mass is 19.1. The van der Waals surface area contributed by atoms with Crippen molar-refractivity contribution in [1.82, 2.24) is 14.8 Å².